The summed E-state index contributed by atoms with van der Waals surface area (Å²) in [6, 6.07) is 7.90. The van der Waals surface area contributed by atoms with E-state index < -0.39 is 0 Å². The number of ether oxygens (including phenoxy) is 2. The predicted molar refractivity (Wildman–Crippen MR) is 121 cm³/mol. The average Bonchev–Trinajstić information content (AvgIpc) is 3.03. The molecule has 1 atom stereocenters. The van der Waals surface area contributed by atoms with Gasteiger partial charge in [0.15, 0.2) is 17.3 Å². The van der Waals surface area contributed by atoms with Crippen molar-refractivity contribution >= 4 is 5.91 Å². The lowest BCUT2D eigenvalue weighted by Gasteiger charge is -2.34. The Morgan fingerprint density at radius 2 is 1.78 bits per heavy atom. The second-order valence-electron chi connectivity index (χ2n) is 9.03. The largest absolute Gasteiger partial charge is 0.490 e. The highest BCUT2D eigenvalue weighted by Gasteiger charge is 2.24. The number of carbonyl (C=O) groups excluding carboxylic acids is 1. The van der Waals surface area contributed by atoms with E-state index in [0.29, 0.717) is 19.8 Å². The van der Waals surface area contributed by atoms with E-state index in [1.807, 2.05) is 31.2 Å². The zero-order valence-corrected chi connectivity index (χ0v) is 19.3. The van der Waals surface area contributed by atoms with Crippen LogP contribution < -0.4 is 14.8 Å². The molecule has 1 unspecified atom stereocenters. The smallest absolute Gasteiger partial charge is 0.234 e. The van der Waals surface area contributed by atoms with Crippen LogP contribution >= 0.6 is 0 Å². The first-order valence-corrected chi connectivity index (χ1v) is 11.5. The fourth-order valence-electron chi connectivity index (χ4n) is 4.25. The molecule has 174 valence electrons. The topological polar surface area (TPSA) is 80.1 Å². The van der Waals surface area contributed by atoms with Crippen LogP contribution in [0.1, 0.15) is 43.3 Å². The molecule has 4 rings (SSSR count). The molecule has 1 aromatic heterocycles. The van der Waals surface area contributed by atoms with Crippen LogP contribution in [0.4, 0.5) is 0 Å². The minimum atomic E-state index is -0.0735. The monoisotopic (exact) mass is 442 g/mol. The van der Waals surface area contributed by atoms with Gasteiger partial charge < -0.3 is 19.3 Å². The molecule has 3 heterocycles. The van der Waals surface area contributed by atoms with Crippen LogP contribution in [0, 0.1) is 12.8 Å². The third-order valence-corrected chi connectivity index (χ3v) is 6.00. The van der Waals surface area contributed by atoms with Crippen molar-refractivity contribution in [3.63, 3.8) is 0 Å². The van der Waals surface area contributed by atoms with E-state index in [0.717, 1.165) is 67.7 Å². The van der Waals surface area contributed by atoms with Gasteiger partial charge in [-0.3, -0.25) is 14.6 Å². The van der Waals surface area contributed by atoms with E-state index in [2.05, 4.69) is 34.1 Å². The van der Waals surface area contributed by atoms with Crippen molar-refractivity contribution < 1.29 is 18.8 Å². The van der Waals surface area contributed by atoms with Crippen LogP contribution in [0.5, 0.6) is 11.5 Å². The Bertz CT molecular complexity index is 905. The molecule has 0 spiro atoms. The highest BCUT2D eigenvalue weighted by Crippen LogP contribution is 2.34. The lowest BCUT2D eigenvalue weighted by molar-refractivity contribution is -0.123. The molecule has 2 aliphatic heterocycles. The van der Waals surface area contributed by atoms with Crippen molar-refractivity contribution in [2.75, 3.05) is 45.9 Å². The Kier molecular flexibility index (Phi) is 7.32. The maximum atomic E-state index is 12.9. The third kappa shape index (κ3) is 5.81. The van der Waals surface area contributed by atoms with Gasteiger partial charge in [-0.1, -0.05) is 25.1 Å². The predicted octanol–water partition coefficient (Wildman–Crippen LogP) is 2.78. The van der Waals surface area contributed by atoms with E-state index in [4.69, 9.17) is 14.0 Å². The molecular weight excluding hydrogens is 408 g/mol. The summed E-state index contributed by atoms with van der Waals surface area (Å²) >= 11 is 0. The van der Waals surface area contributed by atoms with Gasteiger partial charge in [0.1, 0.15) is 0 Å². The number of hydrogen-bond donors (Lipinski definition) is 1. The van der Waals surface area contributed by atoms with Crippen LogP contribution in [0.25, 0.3) is 0 Å². The van der Waals surface area contributed by atoms with Crippen LogP contribution in [-0.2, 0) is 11.3 Å². The second kappa shape index (κ2) is 10.4. The summed E-state index contributed by atoms with van der Waals surface area (Å²) < 4.78 is 16.9. The van der Waals surface area contributed by atoms with Crippen molar-refractivity contribution in [3.8, 4) is 11.5 Å². The summed E-state index contributed by atoms with van der Waals surface area (Å²) in [6.07, 6.45) is 0.875. The Labute approximate surface area is 189 Å². The zero-order chi connectivity index (χ0) is 22.5. The van der Waals surface area contributed by atoms with Gasteiger partial charge >= 0.3 is 0 Å². The Hall–Kier alpha value is -2.58. The number of hydrogen-bond acceptors (Lipinski definition) is 7. The number of fused-ring (bicyclic) bond motifs is 1. The molecule has 0 radical (unpaired) electrons. The molecule has 1 amide bonds. The van der Waals surface area contributed by atoms with Crippen molar-refractivity contribution in [1.82, 2.24) is 20.3 Å². The second-order valence-corrected chi connectivity index (χ2v) is 9.03. The van der Waals surface area contributed by atoms with Gasteiger partial charge in [-0.25, -0.2) is 0 Å². The maximum absolute atomic E-state index is 12.9. The number of amides is 1. The lowest BCUT2D eigenvalue weighted by Crippen LogP contribution is -2.49. The molecule has 0 saturated carbocycles. The number of benzene rings is 1. The lowest BCUT2D eigenvalue weighted by atomic mass is 9.95. The Morgan fingerprint density at radius 1 is 1.06 bits per heavy atom. The minimum absolute atomic E-state index is 0.0510. The standard InChI is InChI=1S/C24H34N4O4/c1-17(2)24(19-5-6-21-22(14-19)31-12-4-11-30-21)25-23(29)16-28-9-7-27(8-10-28)15-20-13-18(3)26-32-20/h5-6,13-14,17,24H,4,7-12,15-16H2,1-3H3,(H,25,29). The highest BCUT2D eigenvalue weighted by molar-refractivity contribution is 5.78. The summed E-state index contributed by atoms with van der Waals surface area (Å²) in [7, 11) is 0. The maximum Gasteiger partial charge on any atom is 0.234 e. The summed E-state index contributed by atoms with van der Waals surface area (Å²) in [5.41, 5.74) is 1.95. The fraction of sp³-hybridized carbons (Fsp3) is 0.583. The van der Waals surface area contributed by atoms with Gasteiger partial charge in [0.05, 0.1) is 38.0 Å². The molecule has 0 aliphatic carbocycles. The summed E-state index contributed by atoms with van der Waals surface area (Å²) in [5, 5.41) is 7.19. The Balaban J connectivity index is 1.30. The zero-order valence-electron chi connectivity index (χ0n) is 19.3. The van der Waals surface area contributed by atoms with Gasteiger partial charge in [0, 0.05) is 38.7 Å². The normalized spacial score (nSPS) is 18.4. The van der Waals surface area contributed by atoms with Crippen molar-refractivity contribution in [1.29, 1.82) is 0 Å². The van der Waals surface area contributed by atoms with Crippen LogP contribution in [0.3, 0.4) is 0 Å². The first-order valence-electron chi connectivity index (χ1n) is 11.5. The molecule has 1 N–H and O–H groups in total. The number of nitrogens with zero attached hydrogens (tertiary/aromatic N) is 3. The molecule has 0 bridgehead atoms. The van der Waals surface area contributed by atoms with E-state index in [9.17, 15) is 4.79 Å². The molecule has 8 nitrogen and oxygen atoms in total. The number of aryl methyl sites for hydroxylation is 1. The first kappa shape index (κ1) is 22.6. The van der Waals surface area contributed by atoms with Crippen molar-refractivity contribution in [3.05, 3.63) is 41.3 Å². The van der Waals surface area contributed by atoms with Crippen LogP contribution in [0.15, 0.2) is 28.8 Å². The molecule has 2 aromatic rings. The number of piperazine rings is 1. The molecule has 1 aromatic carbocycles. The van der Waals surface area contributed by atoms with Gasteiger partial charge in [-0.05, 0) is 30.5 Å². The van der Waals surface area contributed by atoms with Crippen molar-refractivity contribution in [2.45, 2.75) is 39.8 Å². The van der Waals surface area contributed by atoms with E-state index in [1.165, 1.54) is 0 Å². The van der Waals surface area contributed by atoms with Crippen LogP contribution in [-0.4, -0.2) is 66.8 Å². The van der Waals surface area contributed by atoms with E-state index >= 15 is 0 Å². The minimum Gasteiger partial charge on any atom is -0.490 e. The van der Waals surface area contributed by atoms with Gasteiger partial charge in [0.25, 0.3) is 0 Å². The quantitative estimate of drug-likeness (QED) is 0.706. The van der Waals surface area contributed by atoms with Crippen molar-refractivity contribution in [2.24, 2.45) is 5.92 Å². The molecule has 2 aliphatic rings. The average molecular weight is 443 g/mol. The van der Waals surface area contributed by atoms with E-state index in [1.54, 1.807) is 0 Å². The molecular formula is C24H34N4O4. The third-order valence-electron chi connectivity index (χ3n) is 6.00. The van der Waals surface area contributed by atoms with E-state index in [-0.39, 0.29) is 17.9 Å². The molecule has 8 heteroatoms. The first-order chi connectivity index (χ1) is 15.5. The number of carbonyl (C=O) groups is 1. The highest BCUT2D eigenvalue weighted by atomic mass is 16.5. The molecule has 1 saturated heterocycles. The SMILES string of the molecule is Cc1cc(CN2CCN(CC(=O)NC(c3ccc4c(c3)OCCCO4)C(C)C)CC2)on1. The number of aromatic nitrogens is 1. The van der Waals surface area contributed by atoms with Gasteiger partial charge in [-0.15, -0.1) is 0 Å². The Morgan fingerprint density at radius 3 is 2.47 bits per heavy atom. The fourth-order valence-corrected chi connectivity index (χ4v) is 4.25. The molecule has 1 fully saturated rings. The summed E-state index contributed by atoms with van der Waals surface area (Å²) in [5.74, 6) is 2.74. The van der Waals surface area contributed by atoms with Gasteiger partial charge in [0.2, 0.25) is 5.91 Å². The summed E-state index contributed by atoms with van der Waals surface area (Å²) in [4.78, 5) is 17.4. The number of nitrogens with one attached hydrogen (secondary N) is 1. The number of rotatable bonds is 7. The molecule has 32 heavy (non-hydrogen) atoms. The summed E-state index contributed by atoms with van der Waals surface area (Å²) in [6.45, 7) is 12.2. The van der Waals surface area contributed by atoms with Crippen LogP contribution in [0.2, 0.25) is 0 Å². The van der Waals surface area contributed by atoms with Gasteiger partial charge in [-0.2, -0.15) is 0 Å².